The summed E-state index contributed by atoms with van der Waals surface area (Å²) in [5.41, 5.74) is 0.838. The zero-order valence-corrected chi connectivity index (χ0v) is 10.9. The van der Waals surface area contributed by atoms with Gasteiger partial charge < -0.3 is 4.90 Å². The van der Waals surface area contributed by atoms with Gasteiger partial charge >= 0.3 is 0 Å². The molecule has 0 aliphatic carbocycles. The highest BCUT2D eigenvalue weighted by atomic mass is 19.1. The SMILES string of the molecule is CCN(CC(C)C#N)C(=O)c1ccc(C)c(F)c1. The van der Waals surface area contributed by atoms with Crippen LogP contribution in [0.4, 0.5) is 4.39 Å². The molecule has 0 N–H and O–H groups in total. The van der Waals surface area contributed by atoms with Gasteiger partial charge in [-0.05, 0) is 38.5 Å². The molecule has 0 bridgehead atoms. The molecule has 0 aliphatic rings. The molecule has 0 spiro atoms. The van der Waals surface area contributed by atoms with Crippen molar-refractivity contribution in [1.82, 2.24) is 4.90 Å². The number of carbonyl (C=O) groups excluding carboxylic acids is 1. The molecule has 0 aromatic heterocycles. The van der Waals surface area contributed by atoms with E-state index in [4.69, 9.17) is 5.26 Å². The standard InChI is InChI=1S/C14H17FN2O/c1-4-17(9-10(2)8-16)14(18)12-6-5-11(3)13(15)7-12/h5-7,10H,4,9H2,1-3H3. The summed E-state index contributed by atoms with van der Waals surface area (Å²) in [6.07, 6.45) is 0. The van der Waals surface area contributed by atoms with Crippen LogP contribution in [0.25, 0.3) is 0 Å². The first kappa shape index (κ1) is 14.2. The van der Waals surface area contributed by atoms with Crippen LogP contribution >= 0.6 is 0 Å². The van der Waals surface area contributed by atoms with Gasteiger partial charge in [0.05, 0.1) is 12.0 Å². The maximum Gasteiger partial charge on any atom is 0.253 e. The fourth-order valence-corrected chi connectivity index (χ4v) is 1.64. The van der Waals surface area contributed by atoms with E-state index in [1.165, 1.54) is 6.07 Å². The molecule has 0 fully saturated rings. The summed E-state index contributed by atoms with van der Waals surface area (Å²) in [5, 5.41) is 8.76. The van der Waals surface area contributed by atoms with Crippen molar-refractivity contribution in [2.75, 3.05) is 13.1 Å². The number of nitriles is 1. The van der Waals surface area contributed by atoms with Crippen molar-refractivity contribution in [3.63, 3.8) is 0 Å². The second kappa shape index (κ2) is 6.15. The molecule has 0 saturated carbocycles. The van der Waals surface area contributed by atoms with Gasteiger partial charge in [0.2, 0.25) is 0 Å². The molecule has 96 valence electrons. The Bertz CT molecular complexity index is 479. The van der Waals surface area contributed by atoms with Gasteiger partial charge in [0.15, 0.2) is 0 Å². The van der Waals surface area contributed by atoms with Gasteiger partial charge in [0, 0.05) is 18.7 Å². The van der Waals surface area contributed by atoms with E-state index in [9.17, 15) is 9.18 Å². The van der Waals surface area contributed by atoms with E-state index in [2.05, 4.69) is 6.07 Å². The average Bonchev–Trinajstić information content (AvgIpc) is 2.38. The van der Waals surface area contributed by atoms with Crippen molar-refractivity contribution in [1.29, 1.82) is 5.26 Å². The van der Waals surface area contributed by atoms with Crippen LogP contribution in [0.15, 0.2) is 18.2 Å². The lowest BCUT2D eigenvalue weighted by molar-refractivity contribution is 0.0752. The highest BCUT2D eigenvalue weighted by Crippen LogP contribution is 2.12. The number of halogens is 1. The minimum Gasteiger partial charge on any atom is -0.338 e. The van der Waals surface area contributed by atoms with Crippen LogP contribution in [-0.2, 0) is 0 Å². The second-order valence-electron chi connectivity index (χ2n) is 4.34. The Morgan fingerprint density at radius 1 is 1.56 bits per heavy atom. The van der Waals surface area contributed by atoms with Crippen molar-refractivity contribution >= 4 is 5.91 Å². The lowest BCUT2D eigenvalue weighted by atomic mass is 10.1. The average molecular weight is 248 g/mol. The van der Waals surface area contributed by atoms with Gasteiger partial charge in [-0.2, -0.15) is 5.26 Å². The number of hydrogen-bond donors (Lipinski definition) is 0. The molecule has 0 radical (unpaired) electrons. The highest BCUT2D eigenvalue weighted by Gasteiger charge is 2.17. The molecule has 1 aromatic rings. The van der Waals surface area contributed by atoms with Crippen LogP contribution in [0.1, 0.15) is 29.8 Å². The monoisotopic (exact) mass is 248 g/mol. The first-order valence-corrected chi connectivity index (χ1v) is 5.94. The largest absolute Gasteiger partial charge is 0.338 e. The molecule has 1 unspecified atom stereocenters. The lowest BCUT2D eigenvalue weighted by Crippen LogP contribution is -2.34. The number of benzene rings is 1. The van der Waals surface area contributed by atoms with E-state index in [0.717, 1.165) is 0 Å². The van der Waals surface area contributed by atoms with Gasteiger partial charge in [-0.1, -0.05) is 6.07 Å². The minimum atomic E-state index is -0.384. The van der Waals surface area contributed by atoms with Crippen LogP contribution in [0.3, 0.4) is 0 Å². The molecule has 0 heterocycles. The summed E-state index contributed by atoms with van der Waals surface area (Å²) in [6.45, 7) is 6.11. The third-order valence-electron chi connectivity index (χ3n) is 2.80. The Hall–Kier alpha value is -1.89. The van der Waals surface area contributed by atoms with E-state index in [0.29, 0.717) is 24.2 Å². The van der Waals surface area contributed by atoms with Crippen LogP contribution in [0.2, 0.25) is 0 Å². The maximum atomic E-state index is 13.4. The van der Waals surface area contributed by atoms with Crippen molar-refractivity contribution in [3.8, 4) is 6.07 Å². The molecule has 4 heteroatoms. The van der Waals surface area contributed by atoms with Gasteiger partial charge in [-0.25, -0.2) is 4.39 Å². The molecule has 1 aromatic carbocycles. The first-order chi connectivity index (χ1) is 8.49. The summed E-state index contributed by atoms with van der Waals surface area (Å²) < 4.78 is 13.4. The molecule has 0 aliphatic heterocycles. The van der Waals surface area contributed by atoms with Crippen LogP contribution in [0.5, 0.6) is 0 Å². The topological polar surface area (TPSA) is 44.1 Å². The predicted molar refractivity (Wildman–Crippen MR) is 67.5 cm³/mol. The quantitative estimate of drug-likeness (QED) is 0.822. The Balaban J connectivity index is 2.90. The fraction of sp³-hybridized carbons (Fsp3) is 0.429. The molecule has 3 nitrogen and oxygen atoms in total. The Kier molecular flexibility index (Phi) is 4.85. The highest BCUT2D eigenvalue weighted by molar-refractivity contribution is 5.94. The first-order valence-electron chi connectivity index (χ1n) is 5.94. The van der Waals surface area contributed by atoms with Crippen molar-refractivity contribution in [2.45, 2.75) is 20.8 Å². The van der Waals surface area contributed by atoms with E-state index >= 15 is 0 Å². The van der Waals surface area contributed by atoms with E-state index in [-0.39, 0.29) is 17.6 Å². The van der Waals surface area contributed by atoms with Crippen molar-refractivity contribution in [3.05, 3.63) is 35.1 Å². The lowest BCUT2D eigenvalue weighted by Gasteiger charge is -2.22. The number of rotatable bonds is 4. The molecule has 1 amide bonds. The van der Waals surface area contributed by atoms with Crippen LogP contribution in [-0.4, -0.2) is 23.9 Å². The molecule has 0 saturated heterocycles. The van der Waals surface area contributed by atoms with E-state index in [1.807, 2.05) is 6.92 Å². The van der Waals surface area contributed by atoms with Gasteiger partial charge in [0.25, 0.3) is 5.91 Å². The van der Waals surface area contributed by atoms with E-state index < -0.39 is 0 Å². The van der Waals surface area contributed by atoms with Gasteiger partial charge in [0.1, 0.15) is 5.82 Å². The Labute approximate surface area is 107 Å². The Morgan fingerprint density at radius 2 is 2.22 bits per heavy atom. The zero-order valence-electron chi connectivity index (χ0n) is 10.9. The van der Waals surface area contributed by atoms with Crippen molar-refractivity contribution in [2.24, 2.45) is 5.92 Å². The number of aryl methyl sites for hydroxylation is 1. The van der Waals surface area contributed by atoms with Crippen LogP contribution < -0.4 is 0 Å². The fourth-order valence-electron chi connectivity index (χ4n) is 1.64. The molecular formula is C14H17FN2O. The summed E-state index contributed by atoms with van der Waals surface area (Å²) in [7, 11) is 0. The van der Waals surface area contributed by atoms with Crippen LogP contribution in [0, 0.1) is 30.0 Å². The third-order valence-corrected chi connectivity index (χ3v) is 2.80. The molecule has 1 atom stereocenters. The van der Waals surface area contributed by atoms with Crippen molar-refractivity contribution < 1.29 is 9.18 Å². The third kappa shape index (κ3) is 3.30. The van der Waals surface area contributed by atoms with E-state index in [1.54, 1.807) is 30.9 Å². The summed E-state index contributed by atoms with van der Waals surface area (Å²) in [5.74, 6) is -0.854. The smallest absolute Gasteiger partial charge is 0.253 e. The normalized spacial score (nSPS) is 11.7. The number of hydrogen-bond acceptors (Lipinski definition) is 2. The van der Waals surface area contributed by atoms with Gasteiger partial charge in [-0.3, -0.25) is 4.79 Å². The number of nitrogens with zero attached hydrogens (tertiary/aromatic N) is 2. The second-order valence-corrected chi connectivity index (χ2v) is 4.34. The Morgan fingerprint density at radius 3 is 2.72 bits per heavy atom. The zero-order chi connectivity index (χ0) is 13.7. The maximum absolute atomic E-state index is 13.4. The number of carbonyl (C=O) groups is 1. The number of amides is 1. The molecule has 1 rings (SSSR count). The summed E-state index contributed by atoms with van der Waals surface area (Å²) in [6, 6.07) is 6.53. The summed E-state index contributed by atoms with van der Waals surface area (Å²) >= 11 is 0. The van der Waals surface area contributed by atoms with Gasteiger partial charge in [-0.15, -0.1) is 0 Å². The molecule has 18 heavy (non-hydrogen) atoms. The predicted octanol–water partition coefficient (Wildman–Crippen LogP) is 2.76. The summed E-state index contributed by atoms with van der Waals surface area (Å²) in [4.78, 5) is 13.7. The minimum absolute atomic E-state index is 0.232. The molecular weight excluding hydrogens is 231 g/mol.